The molecule has 0 rings (SSSR count). The summed E-state index contributed by atoms with van der Waals surface area (Å²) in [5.74, 6) is -0.361. The molecule has 5 heteroatoms. The van der Waals surface area contributed by atoms with Gasteiger partial charge < -0.3 is 4.74 Å². The second-order valence-electron chi connectivity index (χ2n) is 1.83. The Morgan fingerprint density at radius 2 is 2.50 bits per heavy atom. The Morgan fingerprint density at radius 3 is 2.90 bits per heavy atom. The van der Waals surface area contributed by atoms with Crippen molar-refractivity contribution < 1.29 is 9.53 Å². The average Bonchev–Trinajstić information content (AvgIpc) is 1.88. The number of carbonyl (C=O) groups excluding carboxylic acids is 1. The maximum Gasteiger partial charge on any atom is 0.305 e. The molecule has 0 N–H and O–H groups in total. The van der Waals surface area contributed by atoms with Crippen LogP contribution in [0.1, 0.15) is 13.3 Å². The number of hydrogen-bond donors (Lipinski definition) is 0. The molecule has 0 aliphatic carbocycles. The highest BCUT2D eigenvalue weighted by Gasteiger charge is 2.05. The Hall–Kier alpha value is -1.22. The molecule has 0 amide bonds. The molecule has 0 spiro atoms. The van der Waals surface area contributed by atoms with Gasteiger partial charge >= 0.3 is 5.97 Å². The lowest BCUT2D eigenvalue weighted by Crippen LogP contribution is -2.08. The van der Waals surface area contributed by atoms with Crippen LogP contribution in [0.3, 0.4) is 0 Å². The van der Waals surface area contributed by atoms with Crippen molar-refractivity contribution >= 4 is 5.97 Å². The van der Waals surface area contributed by atoms with E-state index in [0.717, 1.165) is 0 Å². The van der Waals surface area contributed by atoms with Gasteiger partial charge in [0.05, 0.1) is 13.5 Å². The van der Waals surface area contributed by atoms with Gasteiger partial charge in [-0.15, -0.1) is 0 Å². The predicted molar refractivity (Wildman–Crippen MR) is 35.2 cm³/mol. The lowest BCUT2D eigenvalue weighted by Gasteiger charge is -1.99. The molecule has 0 aromatic rings. The highest BCUT2D eigenvalue weighted by molar-refractivity contribution is 5.69. The van der Waals surface area contributed by atoms with E-state index < -0.39 is 0 Å². The van der Waals surface area contributed by atoms with Gasteiger partial charge in [-0.05, 0) is 5.53 Å². The van der Waals surface area contributed by atoms with Crippen molar-refractivity contribution in [3.8, 4) is 0 Å². The summed E-state index contributed by atoms with van der Waals surface area (Å²) in [6, 6.07) is -0.322. The minimum absolute atomic E-state index is 0.139. The Kier molecular flexibility index (Phi) is 4.07. The Balaban J connectivity index is 3.67. The molecule has 0 bridgehead atoms. The molecule has 0 aliphatic rings. The van der Waals surface area contributed by atoms with Crippen LogP contribution in [-0.4, -0.2) is 19.1 Å². The molecule has 0 fully saturated rings. The van der Waals surface area contributed by atoms with Crippen molar-refractivity contribution in [2.24, 2.45) is 5.11 Å². The molecule has 1 atom stereocenters. The van der Waals surface area contributed by atoms with Gasteiger partial charge in [-0.1, -0.05) is 12.0 Å². The van der Waals surface area contributed by atoms with E-state index in [1.165, 1.54) is 7.11 Å². The molecule has 0 aromatic heterocycles. The van der Waals surface area contributed by atoms with E-state index in [4.69, 9.17) is 5.53 Å². The molecular formula is C5H9N3O2. The molecule has 0 saturated heterocycles. The zero-order valence-corrected chi connectivity index (χ0v) is 5.94. The van der Waals surface area contributed by atoms with Crippen molar-refractivity contribution in [1.29, 1.82) is 0 Å². The second kappa shape index (κ2) is 4.64. The standard InChI is InChI=1S/C5H9N3O2/c1-4(7-8-6)3-5(9)10-2/h4H,3H2,1-2H3/t4-/m1/s1. The van der Waals surface area contributed by atoms with E-state index >= 15 is 0 Å². The van der Waals surface area contributed by atoms with Crippen LogP contribution >= 0.6 is 0 Å². The van der Waals surface area contributed by atoms with Crippen molar-refractivity contribution in [3.63, 3.8) is 0 Å². The molecule has 0 aromatic carbocycles. The lowest BCUT2D eigenvalue weighted by atomic mass is 10.2. The number of ether oxygens (including phenoxy) is 1. The largest absolute Gasteiger partial charge is 0.469 e. The first kappa shape index (κ1) is 8.78. The Morgan fingerprint density at radius 1 is 1.90 bits per heavy atom. The molecule has 0 radical (unpaired) electrons. The summed E-state index contributed by atoms with van der Waals surface area (Å²) < 4.78 is 4.34. The highest BCUT2D eigenvalue weighted by Crippen LogP contribution is 1.97. The maximum absolute atomic E-state index is 10.5. The van der Waals surface area contributed by atoms with Crippen LogP contribution in [0.15, 0.2) is 5.11 Å². The summed E-state index contributed by atoms with van der Waals surface area (Å²) >= 11 is 0. The third kappa shape index (κ3) is 3.74. The molecule has 5 nitrogen and oxygen atoms in total. The number of esters is 1. The third-order valence-electron chi connectivity index (χ3n) is 0.939. The predicted octanol–water partition coefficient (Wildman–Crippen LogP) is 1.25. The number of hydrogen-bond acceptors (Lipinski definition) is 3. The fourth-order valence-electron chi connectivity index (χ4n) is 0.454. The first-order chi connectivity index (χ1) is 4.70. The summed E-state index contributed by atoms with van der Waals surface area (Å²) in [7, 11) is 1.30. The summed E-state index contributed by atoms with van der Waals surface area (Å²) in [4.78, 5) is 13.0. The van der Waals surface area contributed by atoms with Crippen molar-refractivity contribution in [2.45, 2.75) is 19.4 Å². The van der Waals surface area contributed by atoms with Crippen LogP contribution in [0.25, 0.3) is 10.4 Å². The summed E-state index contributed by atoms with van der Waals surface area (Å²) in [5, 5.41) is 3.29. The first-order valence-electron chi connectivity index (χ1n) is 2.81. The second-order valence-corrected chi connectivity index (χ2v) is 1.83. The molecule has 0 aliphatic heterocycles. The first-order valence-corrected chi connectivity index (χ1v) is 2.81. The molecule has 56 valence electrons. The highest BCUT2D eigenvalue weighted by atomic mass is 16.5. The van der Waals surface area contributed by atoms with Gasteiger partial charge in [0.1, 0.15) is 0 Å². The van der Waals surface area contributed by atoms with Gasteiger partial charge in [0.25, 0.3) is 0 Å². The van der Waals surface area contributed by atoms with Crippen LogP contribution in [0.5, 0.6) is 0 Å². The van der Waals surface area contributed by atoms with E-state index in [2.05, 4.69) is 14.8 Å². The zero-order chi connectivity index (χ0) is 7.98. The molecule has 0 unspecified atom stereocenters. The molecule has 0 heterocycles. The van der Waals surface area contributed by atoms with Crippen LogP contribution < -0.4 is 0 Å². The van der Waals surface area contributed by atoms with Crippen molar-refractivity contribution in [2.75, 3.05) is 7.11 Å². The van der Waals surface area contributed by atoms with E-state index in [0.29, 0.717) is 0 Å². The van der Waals surface area contributed by atoms with Crippen molar-refractivity contribution in [3.05, 3.63) is 10.4 Å². The molecule has 0 saturated carbocycles. The van der Waals surface area contributed by atoms with Crippen LogP contribution in [-0.2, 0) is 9.53 Å². The van der Waals surface area contributed by atoms with E-state index in [1.54, 1.807) is 6.92 Å². The van der Waals surface area contributed by atoms with Gasteiger partial charge in [0.2, 0.25) is 0 Å². The lowest BCUT2D eigenvalue weighted by molar-refractivity contribution is -0.140. The SMILES string of the molecule is COC(=O)C[C@@H](C)N=[N+]=[N-]. The minimum atomic E-state index is -0.361. The van der Waals surface area contributed by atoms with Crippen LogP contribution in [0.4, 0.5) is 0 Å². The summed E-state index contributed by atoms with van der Waals surface area (Å²) in [5.41, 5.74) is 7.93. The molecular weight excluding hydrogens is 134 g/mol. The third-order valence-corrected chi connectivity index (χ3v) is 0.939. The van der Waals surface area contributed by atoms with Crippen LogP contribution in [0, 0.1) is 0 Å². The zero-order valence-electron chi connectivity index (χ0n) is 5.94. The smallest absolute Gasteiger partial charge is 0.305 e. The van der Waals surface area contributed by atoms with Crippen molar-refractivity contribution in [1.82, 2.24) is 0 Å². The van der Waals surface area contributed by atoms with E-state index in [1.807, 2.05) is 0 Å². The van der Waals surface area contributed by atoms with Gasteiger partial charge in [0.15, 0.2) is 0 Å². The number of carbonyl (C=O) groups is 1. The fourth-order valence-corrected chi connectivity index (χ4v) is 0.454. The number of azide groups is 1. The quantitative estimate of drug-likeness (QED) is 0.258. The number of nitrogens with zero attached hydrogens (tertiary/aromatic N) is 3. The number of methoxy groups -OCH3 is 1. The normalized spacial score (nSPS) is 11.4. The summed E-state index contributed by atoms with van der Waals surface area (Å²) in [6.07, 6.45) is 0.139. The fraction of sp³-hybridized carbons (Fsp3) is 0.800. The summed E-state index contributed by atoms with van der Waals surface area (Å²) in [6.45, 7) is 1.65. The topological polar surface area (TPSA) is 75.1 Å². The average molecular weight is 143 g/mol. The van der Waals surface area contributed by atoms with Gasteiger partial charge in [0, 0.05) is 11.0 Å². The molecule has 10 heavy (non-hydrogen) atoms. The minimum Gasteiger partial charge on any atom is -0.469 e. The van der Waals surface area contributed by atoms with E-state index in [-0.39, 0.29) is 18.4 Å². The monoisotopic (exact) mass is 143 g/mol. The Labute approximate surface area is 58.6 Å². The van der Waals surface area contributed by atoms with Gasteiger partial charge in [-0.25, -0.2) is 0 Å². The van der Waals surface area contributed by atoms with Gasteiger partial charge in [-0.3, -0.25) is 4.79 Å². The number of rotatable bonds is 3. The van der Waals surface area contributed by atoms with Crippen LogP contribution in [0.2, 0.25) is 0 Å². The van der Waals surface area contributed by atoms with Gasteiger partial charge in [-0.2, -0.15) is 0 Å². The van der Waals surface area contributed by atoms with E-state index in [9.17, 15) is 4.79 Å². The maximum atomic E-state index is 10.5. The Bertz CT molecular complexity index is 162.